The van der Waals surface area contributed by atoms with Crippen molar-refractivity contribution in [2.45, 2.75) is 13.3 Å². The van der Waals surface area contributed by atoms with Gasteiger partial charge in [-0.05, 0) is 35.9 Å². The lowest BCUT2D eigenvalue weighted by molar-refractivity contribution is -0.115. The van der Waals surface area contributed by atoms with Crippen molar-refractivity contribution in [3.63, 3.8) is 0 Å². The molecule has 2 amide bonds. The van der Waals surface area contributed by atoms with Gasteiger partial charge in [-0.3, -0.25) is 9.59 Å². The fourth-order valence-electron chi connectivity index (χ4n) is 3.63. The van der Waals surface area contributed by atoms with Crippen LogP contribution in [0.25, 0.3) is 16.8 Å². The van der Waals surface area contributed by atoms with Crippen LogP contribution in [0.3, 0.4) is 0 Å². The predicted molar refractivity (Wildman–Crippen MR) is 129 cm³/mol. The molecule has 0 unspecified atom stereocenters. The van der Waals surface area contributed by atoms with E-state index in [4.69, 9.17) is 4.42 Å². The standard InChI is InChI=1S/C26H21N5O3/c1-17-28-23-11-10-20(14-24(23)34-17)30-26(33)19-8-5-9-22(13-19)31-16-21(15-27-31)29-25(32)12-18-6-3-2-4-7-18/h2-11,13-16H,12H2,1H3,(H,29,32)(H,30,33). The smallest absolute Gasteiger partial charge is 0.255 e. The first-order valence-corrected chi connectivity index (χ1v) is 10.7. The summed E-state index contributed by atoms with van der Waals surface area (Å²) in [6.07, 6.45) is 3.56. The van der Waals surface area contributed by atoms with E-state index in [0.29, 0.717) is 34.1 Å². The van der Waals surface area contributed by atoms with Gasteiger partial charge in [0.25, 0.3) is 5.91 Å². The Hall–Kier alpha value is -4.72. The highest BCUT2D eigenvalue weighted by atomic mass is 16.3. The van der Waals surface area contributed by atoms with Crippen molar-refractivity contribution in [3.8, 4) is 5.69 Å². The topological polar surface area (TPSA) is 102 Å². The van der Waals surface area contributed by atoms with Crippen LogP contribution >= 0.6 is 0 Å². The van der Waals surface area contributed by atoms with Gasteiger partial charge in [0.1, 0.15) is 5.52 Å². The average Bonchev–Trinajstić information content (AvgIpc) is 3.45. The number of nitrogens with zero attached hydrogens (tertiary/aromatic N) is 3. The molecule has 8 nitrogen and oxygen atoms in total. The molecule has 8 heteroatoms. The van der Waals surface area contributed by atoms with Crippen molar-refractivity contribution in [2.75, 3.05) is 10.6 Å². The second-order valence-electron chi connectivity index (χ2n) is 7.80. The third-order valence-electron chi connectivity index (χ3n) is 5.20. The normalized spacial score (nSPS) is 10.9. The predicted octanol–water partition coefficient (Wildman–Crippen LogP) is 4.76. The van der Waals surface area contributed by atoms with Gasteiger partial charge in [0.15, 0.2) is 11.5 Å². The third-order valence-corrected chi connectivity index (χ3v) is 5.20. The first-order chi connectivity index (χ1) is 16.5. The molecule has 0 aliphatic carbocycles. The molecule has 0 bridgehead atoms. The Morgan fingerprint density at radius 3 is 2.65 bits per heavy atom. The number of nitrogens with one attached hydrogen (secondary N) is 2. The number of aromatic nitrogens is 3. The monoisotopic (exact) mass is 451 g/mol. The van der Waals surface area contributed by atoms with Crippen LogP contribution in [0.5, 0.6) is 0 Å². The number of carbonyl (C=O) groups excluding carboxylic acids is 2. The quantitative estimate of drug-likeness (QED) is 0.388. The van der Waals surface area contributed by atoms with E-state index >= 15 is 0 Å². The maximum Gasteiger partial charge on any atom is 0.255 e. The Morgan fingerprint density at radius 1 is 0.941 bits per heavy atom. The molecule has 168 valence electrons. The van der Waals surface area contributed by atoms with Crippen LogP contribution in [0.2, 0.25) is 0 Å². The van der Waals surface area contributed by atoms with Gasteiger partial charge in [0.05, 0.1) is 30.2 Å². The zero-order valence-electron chi connectivity index (χ0n) is 18.4. The molecule has 0 fully saturated rings. The van der Waals surface area contributed by atoms with Gasteiger partial charge in [-0.2, -0.15) is 5.10 Å². The Kier molecular flexibility index (Phi) is 5.61. The summed E-state index contributed by atoms with van der Waals surface area (Å²) >= 11 is 0. The maximum absolute atomic E-state index is 12.8. The molecular weight excluding hydrogens is 430 g/mol. The molecule has 34 heavy (non-hydrogen) atoms. The molecule has 0 atom stereocenters. The number of aryl methyl sites for hydroxylation is 1. The molecule has 0 saturated carbocycles. The number of rotatable bonds is 6. The Labute approximate surface area is 195 Å². The van der Waals surface area contributed by atoms with Crippen molar-refractivity contribution >= 4 is 34.3 Å². The molecule has 3 aromatic carbocycles. The van der Waals surface area contributed by atoms with Crippen LogP contribution in [0.15, 0.2) is 89.6 Å². The highest BCUT2D eigenvalue weighted by Gasteiger charge is 2.11. The van der Waals surface area contributed by atoms with Crippen molar-refractivity contribution in [1.82, 2.24) is 14.8 Å². The Bertz CT molecular complexity index is 1490. The summed E-state index contributed by atoms with van der Waals surface area (Å²) in [7, 11) is 0. The lowest BCUT2D eigenvalue weighted by Gasteiger charge is -2.07. The number of benzene rings is 3. The van der Waals surface area contributed by atoms with E-state index < -0.39 is 0 Å². The molecule has 2 N–H and O–H groups in total. The maximum atomic E-state index is 12.8. The van der Waals surface area contributed by atoms with Crippen molar-refractivity contribution in [1.29, 1.82) is 0 Å². The average molecular weight is 451 g/mol. The highest BCUT2D eigenvalue weighted by molar-refractivity contribution is 6.05. The minimum absolute atomic E-state index is 0.127. The number of fused-ring (bicyclic) bond motifs is 1. The molecule has 5 rings (SSSR count). The number of oxazole rings is 1. The second-order valence-corrected chi connectivity index (χ2v) is 7.80. The lowest BCUT2D eigenvalue weighted by Crippen LogP contribution is -2.14. The molecular formula is C26H21N5O3. The van der Waals surface area contributed by atoms with E-state index in [1.165, 1.54) is 0 Å². The van der Waals surface area contributed by atoms with E-state index in [1.807, 2.05) is 36.4 Å². The van der Waals surface area contributed by atoms with Crippen LogP contribution in [0.4, 0.5) is 11.4 Å². The fourth-order valence-corrected chi connectivity index (χ4v) is 3.63. The van der Waals surface area contributed by atoms with Gasteiger partial charge in [0, 0.05) is 24.2 Å². The summed E-state index contributed by atoms with van der Waals surface area (Å²) in [4.78, 5) is 29.4. The van der Waals surface area contributed by atoms with Crippen molar-refractivity contribution in [2.24, 2.45) is 0 Å². The highest BCUT2D eigenvalue weighted by Crippen LogP contribution is 2.21. The summed E-state index contributed by atoms with van der Waals surface area (Å²) in [5.41, 5.74) is 4.64. The number of anilines is 2. The molecule has 5 aromatic rings. The molecule has 2 heterocycles. The first-order valence-electron chi connectivity index (χ1n) is 10.7. The van der Waals surface area contributed by atoms with Crippen LogP contribution in [-0.2, 0) is 11.2 Å². The van der Waals surface area contributed by atoms with Gasteiger partial charge < -0.3 is 15.1 Å². The number of amides is 2. The minimum Gasteiger partial charge on any atom is -0.441 e. The summed E-state index contributed by atoms with van der Waals surface area (Å²) in [6.45, 7) is 1.78. The van der Waals surface area contributed by atoms with Gasteiger partial charge in [0.2, 0.25) is 5.91 Å². The zero-order chi connectivity index (χ0) is 23.5. The number of hydrogen-bond donors (Lipinski definition) is 2. The van der Waals surface area contributed by atoms with E-state index in [-0.39, 0.29) is 18.2 Å². The van der Waals surface area contributed by atoms with Crippen LogP contribution < -0.4 is 10.6 Å². The zero-order valence-corrected chi connectivity index (χ0v) is 18.4. The van der Waals surface area contributed by atoms with Crippen LogP contribution in [-0.4, -0.2) is 26.6 Å². The van der Waals surface area contributed by atoms with E-state index in [2.05, 4.69) is 20.7 Å². The minimum atomic E-state index is -0.263. The largest absolute Gasteiger partial charge is 0.441 e. The van der Waals surface area contributed by atoms with E-state index in [0.717, 1.165) is 11.1 Å². The van der Waals surface area contributed by atoms with E-state index in [1.54, 1.807) is 60.4 Å². The lowest BCUT2D eigenvalue weighted by atomic mass is 10.1. The molecule has 0 radical (unpaired) electrons. The van der Waals surface area contributed by atoms with Crippen LogP contribution in [0, 0.1) is 6.92 Å². The summed E-state index contributed by atoms with van der Waals surface area (Å²) < 4.78 is 7.14. The SMILES string of the molecule is Cc1nc2ccc(NC(=O)c3cccc(-n4cc(NC(=O)Cc5ccccc5)cn4)c3)cc2o1. The van der Waals surface area contributed by atoms with Gasteiger partial charge >= 0.3 is 0 Å². The summed E-state index contributed by atoms with van der Waals surface area (Å²) in [5, 5.41) is 10.0. The van der Waals surface area contributed by atoms with E-state index in [9.17, 15) is 9.59 Å². The summed E-state index contributed by atoms with van der Waals surface area (Å²) in [6, 6.07) is 21.9. The Balaban J connectivity index is 1.27. The molecule has 2 aromatic heterocycles. The second kappa shape index (κ2) is 9.03. The fraction of sp³-hybridized carbons (Fsp3) is 0.0769. The molecule has 0 spiro atoms. The first kappa shape index (κ1) is 21.1. The van der Waals surface area contributed by atoms with Gasteiger partial charge in [-0.15, -0.1) is 0 Å². The third kappa shape index (κ3) is 4.71. The molecule has 0 aliphatic rings. The van der Waals surface area contributed by atoms with Gasteiger partial charge in [-0.25, -0.2) is 9.67 Å². The molecule has 0 aliphatic heterocycles. The van der Waals surface area contributed by atoms with Crippen LogP contribution in [0.1, 0.15) is 21.8 Å². The van der Waals surface area contributed by atoms with Gasteiger partial charge in [-0.1, -0.05) is 36.4 Å². The number of hydrogen-bond acceptors (Lipinski definition) is 5. The molecule has 0 saturated heterocycles. The van der Waals surface area contributed by atoms with Crippen molar-refractivity contribution in [3.05, 3.63) is 102 Å². The van der Waals surface area contributed by atoms with Crippen molar-refractivity contribution < 1.29 is 14.0 Å². The summed E-state index contributed by atoms with van der Waals surface area (Å²) in [5.74, 6) is 0.180. The number of carbonyl (C=O) groups is 2. The Morgan fingerprint density at radius 2 is 1.79 bits per heavy atom.